The van der Waals surface area contributed by atoms with Crippen molar-refractivity contribution in [2.24, 2.45) is 0 Å². The highest BCUT2D eigenvalue weighted by Crippen LogP contribution is 2.33. The summed E-state index contributed by atoms with van der Waals surface area (Å²) < 4.78 is 8.69. The van der Waals surface area contributed by atoms with Crippen molar-refractivity contribution in [3.63, 3.8) is 0 Å². The Bertz CT molecular complexity index is 508. The van der Waals surface area contributed by atoms with E-state index in [9.17, 15) is 0 Å². The van der Waals surface area contributed by atoms with E-state index in [4.69, 9.17) is 4.74 Å². The van der Waals surface area contributed by atoms with Crippen LogP contribution in [0, 0.1) is 0 Å². The molecule has 3 rings (SSSR count). The highest BCUT2D eigenvalue weighted by atomic mass is 79.9. The van der Waals surface area contributed by atoms with Gasteiger partial charge >= 0.3 is 0 Å². The third-order valence-corrected chi connectivity index (χ3v) is 3.17. The van der Waals surface area contributed by atoms with Crippen LogP contribution in [-0.2, 0) is 13.0 Å². The predicted molar refractivity (Wildman–Crippen MR) is 64.7 cm³/mol. The van der Waals surface area contributed by atoms with E-state index in [-0.39, 0.29) is 0 Å². The minimum atomic E-state index is 0.759. The first-order valence-electron chi connectivity index (χ1n) is 5.24. The van der Waals surface area contributed by atoms with Gasteiger partial charge < -0.3 is 4.74 Å². The van der Waals surface area contributed by atoms with Crippen LogP contribution in [0.15, 0.2) is 35.1 Å². The maximum atomic E-state index is 5.67. The Hall–Kier alpha value is -1.29. The number of ether oxygens (including phenoxy) is 1. The molecule has 2 heterocycles. The fraction of sp³-hybridized carbons (Fsp3) is 0.250. The smallest absolute Gasteiger partial charge is 0.127 e. The van der Waals surface area contributed by atoms with Crippen molar-refractivity contribution >= 4 is 15.9 Å². The molecule has 16 heavy (non-hydrogen) atoms. The van der Waals surface area contributed by atoms with Gasteiger partial charge in [-0.2, -0.15) is 5.10 Å². The molecule has 0 saturated carbocycles. The van der Waals surface area contributed by atoms with E-state index in [1.54, 1.807) is 6.20 Å². The molecule has 1 aromatic heterocycles. The van der Waals surface area contributed by atoms with Crippen molar-refractivity contribution in [2.45, 2.75) is 13.0 Å². The largest absolute Gasteiger partial charge is 0.493 e. The molecule has 4 heteroatoms. The second-order valence-corrected chi connectivity index (χ2v) is 4.77. The van der Waals surface area contributed by atoms with Crippen LogP contribution in [0.4, 0.5) is 0 Å². The molecule has 0 atom stereocenters. The number of halogens is 1. The van der Waals surface area contributed by atoms with E-state index in [1.165, 1.54) is 11.1 Å². The topological polar surface area (TPSA) is 27.1 Å². The van der Waals surface area contributed by atoms with Crippen molar-refractivity contribution in [1.29, 1.82) is 0 Å². The van der Waals surface area contributed by atoms with Gasteiger partial charge in [-0.15, -0.1) is 0 Å². The van der Waals surface area contributed by atoms with Gasteiger partial charge in [0.15, 0.2) is 0 Å². The molecule has 0 unspecified atom stereocenters. The van der Waals surface area contributed by atoms with Gasteiger partial charge in [-0.3, -0.25) is 4.68 Å². The zero-order valence-corrected chi connectivity index (χ0v) is 10.3. The molecule has 0 fully saturated rings. The zero-order valence-electron chi connectivity index (χ0n) is 8.69. The summed E-state index contributed by atoms with van der Waals surface area (Å²) in [6.45, 7) is 1.55. The van der Waals surface area contributed by atoms with Crippen molar-refractivity contribution < 1.29 is 4.74 Å². The fourth-order valence-electron chi connectivity index (χ4n) is 2.03. The molecule has 0 saturated heterocycles. The average Bonchev–Trinajstić information content (AvgIpc) is 2.87. The van der Waals surface area contributed by atoms with Gasteiger partial charge in [-0.1, -0.05) is 15.9 Å². The molecular formula is C12H11BrN2O. The molecule has 0 spiro atoms. The number of benzene rings is 1. The molecule has 0 aliphatic carbocycles. The summed E-state index contributed by atoms with van der Waals surface area (Å²) in [6, 6.07) is 6.17. The van der Waals surface area contributed by atoms with Gasteiger partial charge in [0.25, 0.3) is 0 Å². The second-order valence-electron chi connectivity index (χ2n) is 3.86. The van der Waals surface area contributed by atoms with Gasteiger partial charge in [0, 0.05) is 28.9 Å². The Kier molecular flexibility index (Phi) is 2.44. The van der Waals surface area contributed by atoms with E-state index < -0.39 is 0 Å². The average molecular weight is 279 g/mol. The number of rotatable bonds is 2. The fourth-order valence-corrected chi connectivity index (χ4v) is 2.58. The van der Waals surface area contributed by atoms with Crippen molar-refractivity contribution in [2.75, 3.05) is 6.61 Å². The Labute approximate surface area is 102 Å². The normalized spacial score (nSPS) is 13.6. The van der Waals surface area contributed by atoms with E-state index in [1.807, 2.05) is 16.9 Å². The van der Waals surface area contributed by atoms with Gasteiger partial charge in [-0.05, 0) is 23.8 Å². The SMILES string of the molecule is Brc1cc2c(c(Cn3cccn3)c1)OCC2. The summed E-state index contributed by atoms with van der Waals surface area (Å²) in [5.74, 6) is 1.04. The molecule has 0 N–H and O–H groups in total. The molecule has 0 bridgehead atoms. The lowest BCUT2D eigenvalue weighted by Crippen LogP contribution is -2.02. The molecule has 3 nitrogen and oxygen atoms in total. The standard InChI is InChI=1S/C12H11BrN2O/c13-11-6-9-2-5-16-12(9)10(7-11)8-15-4-1-3-14-15/h1,3-4,6-7H,2,5,8H2. The van der Waals surface area contributed by atoms with Crippen LogP contribution in [-0.4, -0.2) is 16.4 Å². The highest BCUT2D eigenvalue weighted by Gasteiger charge is 2.17. The third kappa shape index (κ3) is 1.73. The summed E-state index contributed by atoms with van der Waals surface area (Å²) in [4.78, 5) is 0. The van der Waals surface area contributed by atoms with Gasteiger partial charge in [0.1, 0.15) is 5.75 Å². The Morgan fingerprint density at radius 1 is 1.44 bits per heavy atom. The molecular weight excluding hydrogens is 268 g/mol. The first kappa shape index (κ1) is 9.90. The molecule has 2 aromatic rings. The van der Waals surface area contributed by atoms with E-state index in [0.717, 1.165) is 29.8 Å². The predicted octanol–water partition coefficient (Wildman–Crippen LogP) is 2.63. The summed E-state index contributed by atoms with van der Waals surface area (Å²) >= 11 is 3.53. The summed E-state index contributed by atoms with van der Waals surface area (Å²) in [6.07, 6.45) is 4.75. The van der Waals surface area contributed by atoms with Crippen LogP contribution in [0.25, 0.3) is 0 Å². The maximum Gasteiger partial charge on any atom is 0.127 e. The molecule has 1 aliphatic heterocycles. The van der Waals surface area contributed by atoms with Crippen LogP contribution in [0.1, 0.15) is 11.1 Å². The lowest BCUT2D eigenvalue weighted by atomic mass is 10.1. The summed E-state index contributed by atoms with van der Waals surface area (Å²) in [5, 5.41) is 4.21. The Morgan fingerprint density at radius 3 is 3.19 bits per heavy atom. The number of nitrogens with zero attached hydrogens (tertiary/aromatic N) is 2. The third-order valence-electron chi connectivity index (χ3n) is 2.72. The van der Waals surface area contributed by atoms with Gasteiger partial charge in [-0.25, -0.2) is 0 Å². The van der Waals surface area contributed by atoms with Crippen LogP contribution in [0.2, 0.25) is 0 Å². The molecule has 1 aliphatic rings. The van der Waals surface area contributed by atoms with Crippen LogP contribution < -0.4 is 4.74 Å². The van der Waals surface area contributed by atoms with Crippen LogP contribution in [0.5, 0.6) is 5.75 Å². The Morgan fingerprint density at radius 2 is 2.38 bits per heavy atom. The lowest BCUT2D eigenvalue weighted by molar-refractivity contribution is 0.352. The number of fused-ring (bicyclic) bond motifs is 1. The molecule has 0 amide bonds. The minimum absolute atomic E-state index is 0.759. The quantitative estimate of drug-likeness (QED) is 0.845. The van der Waals surface area contributed by atoms with Crippen molar-refractivity contribution in [3.8, 4) is 5.75 Å². The zero-order chi connectivity index (χ0) is 11.0. The Balaban J connectivity index is 2.00. The van der Waals surface area contributed by atoms with Gasteiger partial charge in [0.2, 0.25) is 0 Å². The van der Waals surface area contributed by atoms with Crippen LogP contribution in [0.3, 0.4) is 0 Å². The summed E-state index contributed by atoms with van der Waals surface area (Å²) in [7, 11) is 0. The van der Waals surface area contributed by atoms with Crippen molar-refractivity contribution in [3.05, 3.63) is 46.2 Å². The van der Waals surface area contributed by atoms with Crippen LogP contribution >= 0.6 is 15.9 Å². The molecule has 82 valence electrons. The van der Waals surface area contributed by atoms with Crippen molar-refractivity contribution in [1.82, 2.24) is 9.78 Å². The van der Waals surface area contributed by atoms with E-state index in [2.05, 4.69) is 33.2 Å². The maximum absolute atomic E-state index is 5.67. The van der Waals surface area contributed by atoms with E-state index >= 15 is 0 Å². The number of hydrogen-bond donors (Lipinski definition) is 0. The van der Waals surface area contributed by atoms with E-state index in [0.29, 0.717) is 0 Å². The first-order chi connectivity index (χ1) is 7.83. The second kappa shape index (κ2) is 3.94. The minimum Gasteiger partial charge on any atom is -0.493 e. The number of aromatic nitrogens is 2. The highest BCUT2D eigenvalue weighted by molar-refractivity contribution is 9.10. The van der Waals surface area contributed by atoms with Gasteiger partial charge in [0.05, 0.1) is 13.2 Å². The monoisotopic (exact) mass is 278 g/mol. The molecule has 1 aromatic carbocycles. The lowest BCUT2D eigenvalue weighted by Gasteiger charge is -2.09. The molecule has 0 radical (unpaired) electrons. The summed E-state index contributed by atoms with van der Waals surface area (Å²) in [5.41, 5.74) is 2.47. The first-order valence-corrected chi connectivity index (χ1v) is 6.04. The number of hydrogen-bond acceptors (Lipinski definition) is 2.